The van der Waals surface area contributed by atoms with E-state index in [1.54, 1.807) is 11.0 Å². The standard InChI is InChI=1S/C12H17FN2O/c1-2-7-15(8-6-14)12(16)10-4-3-5-11(13)9-10/h3-5,9H,2,6-8,14H2,1H3. The van der Waals surface area contributed by atoms with Crippen molar-refractivity contribution in [1.82, 2.24) is 4.90 Å². The van der Waals surface area contributed by atoms with E-state index in [-0.39, 0.29) is 5.91 Å². The first kappa shape index (κ1) is 12.6. The molecule has 1 amide bonds. The molecule has 0 saturated carbocycles. The summed E-state index contributed by atoms with van der Waals surface area (Å²) in [6.07, 6.45) is 0.862. The lowest BCUT2D eigenvalue weighted by Gasteiger charge is -2.21. The quantitative estimate of drug-likeness (QED) is 0.826. The van der Waals surface area contributed by atoms with Crippen molar-refractivity contribution in [3.05, 3.63) is 35.6 Å². The second kappa shape index (κ2) is 6.23. The first-order valence-corrected chi connectivity index (χ1v) is 5.44. The second-order valence-electron chi connectivity index (χ2n) is 3.59. The molecule has 0 aromatic heterocycles. The molecular weight excluding hydrogens is 207 g/mol. The highest BCUT2D eigenvalue weighted by molar-refractivity contribution is 5.94. The predicted molar refractivity (Wildman–Crippen MR) is 61.6 cm³/mol. The van der Waals surface area contributed by atoms with Gasteiger partial charge < -0.3 is 10.6 Å². The van der Waals surface area contributed by atoms with Crippen LogP contribution >= 0.6 is 0 Å². The molecule has 1 rings (SSSR count). The molecule has 3 nitrogen and oxygen atoms in total. The third kappa shape index (κ3) is 3.31. The number of amides is 1. The Balaban J connectivity index is 2.81. The summed E-state index contributed by atoms with van der Waals surface area (Å²) in [5.74, 6) is -0.554. The molecule has 0 aliphatic heterocycles. The molecule has 0 atom stereocenters. The Labute approximate surface area is 95.0 Å². The first-order chi connectivity index (χ1) is 7.69. The second-order valence-corrected chi connectivity index (χ2v) is 3.59. The van der Waals surface area contributed by atoms with Crippen molar-refractivity contribution >= 4 is 5.91 Å². The Morgan fingerprint density at radius 1 is 1.44 bits per heavy atom. The molecule has 1 aromatic rings. The molecule has 0 heterocycles. The highest BCUT2D eigenvalue weighted by Gasteiger charge is 2.14. The van der Waals surface area contributed by atoms with E-state index in [1.807, 2.05) is 6.92 Å². The number of nitrogens with zero attached hydrogens (tertiary/aromatic N) is 1. The molecule has 16 heavy (non-hydrogen) atoms. The zero-order chi connectivity index (χ0) is 12.0. The molecule has 0 aliphatic carbocycles. The summed E-state index contributed by atoms with van der Waals surface area (Å²) >= 11 is 0. The molecule has 0 aliphatic rings. The Kier molecular flexibility index (Phi) is 4.92. The number of halogens is 1. The van der Waals surface area contributed by atoms with Gasteiger partial charge in [-0.3, -0.25) is 4.79 Å². The lowest BCUT2D eigenvalue weighted by atomic mass is 10.2. The first-order valence-electron chi connectivity index (χ1n) is 5.44. The highest BCUT2D eigenvalue weighted by atomic mass is 19.1. The number of hydrogen-bond donors (Lipinski definition) is 1. The van der Waals surface area contributed by atoms with Crippen LogP contribution in [0.15, 0.2) is 24.3 Å². The van der Waals surface area contributed by atoms with E-state index in [2.05, 4.69) is 0 Å². The monoisotopic (exact) mass is 224 g/mol. The maximum absolute atomic E-state index is 13.0. The number of hydrogen-bond acceptors (Lipinski definition) is 2. The van der Waals surface area contributed by atoms with Crippen molar-refractivity contribution in [2.24, 2.45) is 5.73 Å². The van der Waals surface area contributed by atoms with E-state index in [4.69, 9.17) is 5.73 Å². The van der Waals surface area contributed by atoms with E-state index in [9.17, 15) is 9.18 Å². The van der Waals surface area contributed by atoms with Crippen molar-refractivity contribution in [1.29, 1.82) is 0 Å². The van der Waals surface area contributed by atoms with Gasteiger partial charge in [-0.25, -0.2) is 4.39 Å². The summed E-state index contributed by atoms with van der Waals surface area (Å²) in [6, 6.07) is 5.73. The van der Waals surface area contributed by atoms with Gasteiger partial charge in [0.25, 0.3) is 5.91 Å². The van der Waals surface area contributed by atoms with E-state index in [0.717, 1.165) is 6.42 Å². The molecule has 0 bridgehead atoms. The number of carbonyl (C=O) groups is 1. The van der Waals surface area contributed by atoms with Gasteiger partial charge in [0.05, 0.1) is 0 Å². The van der Waals surface area contributed by atoms with Gasteiger partial charge in [0, 0.05) is 25.2 Å². The SMILES string of the molecule is CCCN(CCN)C(=O)c1cccc(F)c1. The molecule has 1 aromatic carbocycles. The molecule has 0 fully saturated rings. The van der Waals surface area contributed by atoms with E-state index in [0.29, 0.717) is 25.2 Å². The molecule has 88 valence electrons. The number of benzene rings is 1. The van der Waals surface area contributed by atoms with Gasteiger partial charge >= 0.3 is 0 Å². The summed E-state index contributed by atoms with van der Waals surface area (Å²) in [7, 11) is 0. The van der Waals surface area contributed by atoms with Crippen LogP contribution in [0.4, 0.5) is 4.39 Å². The van der Waals surface area contributed by atoms with Gasteiger partial charge in [-0.2, -0.15) is 0 Å². The Morgan fingerprint density at radius 2 is 2.19 bits per heavy atom. The fraction of sp³-hybridized carbons (Fsp3) is 0.417. The zero-order valence-corrected chi connectivity index (χ0v) is 9.45. The van der Waals surface area contributed by atoms with Crippen molar-refractivity contribution < 1.29 is 9.18 Å². The fourth-order valence-electron chi connectivity index (χ4n) is 1.54. The summed E-state index contributed by atoms with van der Waals surface area (Å²) < 4.78 is 13.0. The van der Waals surface area contributed by atoms with Crippen LogP contribution in [0, 0.1) is 5.82 Å². The van der Waals surface area contributed by atoms with Crippen LogP contribution in [0.2, 0.25) is 0 Å². The van der Waals surface area contributed by atoms with Crippen molar-refractivity contribution in [2.75, 3.05) is 19.6 Å². The lowest BCUT2D eigenvalue weighted by molar-refractivity contribution is 0.0760. The predicted octanol–water partition coefficient (Wildman–Crippen LogP) is 1.64. The third-order valence-corrected chi connectivity index (χ3v) is 2.25. The van der Waals surface area contributed by atoms with Crippen molar-refractivity contribution in [2.45, 2.75) is 13.3 Å². The lowest BCUT2D eigenvalue weighted by Crippen LogP contribution is -2.35. The topological polar surface area (TPSA) is 46.3 Å². The van der Waals surface area contributed by atoms with Crippen LogP contribution in [0.1, 0.15) is 23.7 Å². The number of nitrogens with two attached hydrogens (primary N) is 1. The smallest absolute Gasteiger partial charge is 0.253 e. The third-order valence-electron chi connectivity index (χ3n) is 2.25. The number of carbonyl (C=O) groups excluding carboxylic acids is 1. The van der Waals surface area contributed by atoms with Crippen LogP contribution in [0.5, 0.6) is 0 Å². The fourth-order valence-corrected chi connectivity index (χ4v) is 1.54. The normalized spacial score (nSPS) is 10.2. The molecule has 4 heteroatoms. The van der Waals surface area contributed by atoms with Crippen LogP contribution in [0.25, 0.3) is 0 Å². The average Bonchev–Trinajstić information content (AvgIpc) is 2.28. The van der Waals surface area contributed by atoms with Gasteiger partial charge in [-0.1, -0.05) is 13.0 Å². The maximum atomic E-state index is 13.0. The Hall–Kier alpha value is -1.42. The van der Waals surface area contributed by atoms with Crippen molar-refractivity contribution in [3.63, 3.8) is 0 Å². The molecule has 2 N–H and O–H groups in total. The summed E-state index contributed by atoms with van der Waals surface area (Å²) in [5, 5.41) is 0. The van der Waals surface area contributed by atoms with Gasteiger partial charge in [0.15, 0.2) is 0 Å². The maximum Gasteiger partial charge on any atom is 0.253 e. The molecule has 0 saturated heterocycles. The van der Waals surface area contributed by atoms with Gasteiger partial charge in [0.1, 0.15) is 5.82 Å². The van der Waals surface area contributed by atoms with Crippen LogP contribution in [0.3, 0.4) is 0 Å². The van der Waals surface area contributed by atoms with E-state index in [1.165, 1.54) is 18.2 Å². The molecular formula is C12H17FN2O. The van der Waals surface area contributed by atoms with Crippen LogP contribution in [-0.4, -0.2) is 30.4 Å². The minimum Gasteiger partial charge on any atom is -0.337 e. The Morgan fingerprint density at radius 3 is 2.75 bits per heavy atom. The summed E-state index contributed by atoms with van der Waals surface area (Å²) in [6.45, 7) is 3.55. The van der Waals surface area contributed by atoms with E-state index >= 15 is 0 Å². The minimum absolute atomic E-state index is 0.160. The molecule has 0 unspecified atom stereocenters. The number of rotatable bonds is 5. The zero-order valence-electron chi connectivity index (χ0n) is 9.45. The van der Waals surface area contributed by atoms with Gasteiger partial charge in [0.2, 0.25) is 0 Å². The summed E-state index contributed by atoms with van der Waals surface area (Å²) in [4.78, 5) is 13.6. The molecule has 0 radical (unpaired) electrons. The minimum atomic E-state index is -0.393. The van der Waals surface area contributed by atoms with Gasteiger partial charge in [-0.15, -0.1) is 0 Å². The highest BCUT2D eigenvalue weighted by Crippen LogP contribution is 2.07. The Bertz CT molecular complexity index is 349. The summed E-state index contributed by atoms with van der Waals surface area (Å²) in [5.41, 5.74) is 5.81. The average molecular weight is 224 g/mol. The molecule has 0 spiro atoms. The largest absolute Gasteiger partial charge is 0.337 e. The van der Waals surface area contributed by atoms with Gasteiger partial charge in [-0.05, 0) is 24.6 Å². The van der Waals surface area contributed by atoms with Crippen LogP contribution < -0.4 is 5.73 Å². The van der Waals surface area contributed by atoms with Crippen molar-refractivity contribution in [3.8, 4) is 0 Å². The van der Waals surface area contributed by atoms with E-state index < -0.39 is 5.82 Å². The van der Waals surface area contributed by atoms with Crippen LogP contribution in [-0.2, 0) is 0 Å².